The molecule has 6 nitrogen and oxygen atoms in total. The maximum atomic E-state index is 12.2. The van der Waals surface area contributed by atoms with Gasteiger partial charge >= 0.3 is 0 Å². The highest BCUT2D eigenvalue weighted by Crippen LogP contribution is 2.38. The van der Waals surface area contributed by atoms with Crippen molar-refractivity contribution in [1.29, 1.82) is 0 Å². The second-order valence-electron chi connectivity index (χ2n) is 6.32. The normalized spacial score (nSPS) is 18.7. The Morgan fingerprint density at radius 1 is 1.41 bits per heavy atom. The molecule has 9 heteroatoms. The van der Waals surface area contributed by atoms with E-state index in [0.29, 0.717) is 22.5 Å². The van der Waals surface area contributed by atoms with Crippen molar-refractivity contribution in [2.75, 3.05) is 16.8 Å². The molecule has 2 amide bonds. The minimum atomic E-state index is -0.352. The first kappa shape index (κ1) is 20.0. The van der Waals surface area contributed by atoms with Crippen LogP contribution in [0.1, 0.15) is 13.8 Å². The lowest BCUT2D eigenvalue weighted by Crippen LogP contribution is -2.24. The standard InChI is InChI=1S/C18H18ClN3O3S2/c1-9(2)14-6-11-17(25)21-15(22-18(11)27-14)7-26-8-16(24)20-12-5-10(19)3-4-13(12)23/h3-6,9,11,23H,7-8H2,1-2H3,(H,20,24). The van der Waals surface area contributed by atoms with E-state index in [-0.39, 0.29) is 34.9 Å². The van der Waals surface area contributed by atoms with Crippen LogP contribution in [0.5, 0.6) is 5.75 Å². The Labute approximate surface area is 170 Å². The summed E-state index contributed by atoms with van der Waals surface area (Å²) in [7, 11) is 0. The first-order valence-electron chi connectivity index (χ1n) is 8.29. The quantitative estimate of drug-likeness (QED) is 0.676. The third-order valence-corrected chi connectivity index (χ3v) is 6.39. The fourth-order valence-corrected chi connectivity index (χ4v) is 4.45. The number of phenolic OH excluding ortho intramolecular Hbond substituents is 1. The number of thioether (sulfide) groups is 2. The Morgan fingerprint density at radius 3 is 2.93 bits per heavy atom. The number of aliphatic imine (C=N–C) groups is 2. The number of hydrogen-bond acceptors (Lipinski definition) is 6. The van der Waals surface area contributed by atoms with E-state index in [0.717, 1.165) is 9.95 Å². The molecule has 0 radical (unpaired) electrons. The average molecular weight is 424 g/mol. The number of amidine groups is 1. The fraction of sp³-hybridized carbons (Fsp3) is 0.333. The maximum Gasteiger partial charge on any atom is 0.261 e. The van der Waals surface area contributed by atoms with Gasteiger partial charge in [-0.05, 0) is 29.0 Å². The molecule has 2 aliphatic rings. The van der Waals surface area contributed by atoms with E-state index in [1.807, 2.05) is 6.08 Å². The number of fused-ring (bicyclic) bond motifs is 1. The zero-order valence-corrected chi connectivity index (χ0v) is 17.1. The topological polar surface area (TPSA) is 91.1 Å². The predicted molar refractivity (Wildman–Crippen MR) is 113 cm³/mol. The number of nitrogens with zero attached hydrogens (tertiary/aromatic N) is 2. The van der Waals surface area contributed by atoms with Gasteiger partial charge in [0.25, 0.3) is 5.91 Å². The van der Waals surface area contributed by atoms with Gasteiger partial charge < -0.3 is 10.4 Å². The number of hydrogen-bond donors (Lipinski definition) is 2. The minimum Gasteiger partial charge on any atom is -0.506 e. The van der Waals surface area contributed by atoms with Crippen molar-refractivity contribution in [1.82, 2.24) is 0 Å². The highest BCUT2D eigenvalue weighted by Gasteiger charge is 2.34. The lowest BCUT2D eigenvalue weighted by molar-refractivity contribution is -0.118. The molecule has 1 atom stereocenters. The van der Waals surface area contributed by atoms with E-state index in [1.165, 1.54) is 41.7 Å². The molecule has 2 aliphatic heterocycles. The summed E-state index contributed by atoms with van der Waals surface area (Å²) < 4.78 is 0. The average Bonchev–Trinajstić information content (AvgIpc) is 3.03. The zero-order valence-electron chi connectivity index (χ0n) is 14.7. The number of rotatable bonds is 6. The van der Waals surface area contributed by atoms with Crippen LogP contribution in [-0.2, 0) is 9.59 Å². The Bertz CT molecular complexity index is 881. The van der Waals surface area contributed by atoms with E-state index in [4.69, 9.17) is 11.6 Å². The molecule has 27 heavy (non-hydrogen) atoms. The van der Waals surface area contributed by atoms with Crippen LogP contribution >= 0.6 is 35.1 Å². The smallest absolute Gasteiger partial charge is 0.261 e. The Hall–Kier alpha value is -1.77. The summed E-state index contributed by atoms with van der Waals surface area (Å²) in [5.74, 6) is 0.377. The van der Waals surface area contributed by atoms with Gasteiger partial charge in [-0.2, -0.15) is 4.99 Å². The molecule has 3 rings (SSSR count). The third-order valence-electron chi connectivity index (χ3n) is 3.83. The first-order valence-corrected chi connectivity index (χ1v) is 10.6. The number of phenols is 1. The lowest BCUT2D eigenvalue weighted by atomic mass is 10.1. The van der Waals surface area contributed by atoms with Gasteiger partial charge in [-0.25, -0.2) is 4.99 Å². The van der Waals surface area contributed by atoms with Crippen LogP contribution in [0.2, 0.25) is 5.02 Å². The molecular weight excluding hydrogens is 406 g/mol. The molecule has 2 heterocycles. The van der Waals surface area contributed by atoms with Crippen LogP contribution in [0.4, 0.5) is 5.69 Å². The zero-order chi connectivity index (χ0) is 19.6. The maximum absolute atomic E-state index is 12.2. The van der Waals surface area contributed by atoms with Crippen molar-refractivity contribution in [2.24, 2.45) is 21.8 Å². The fourth-order valence-electron chi connectivity index (χ4n) is 2.48. The second kappa shape index (κ2) is 8.50. The molecule has 1 aromatic rings. The number of carbonyl (C=O) groups excluding carboxylic acids is 2. The number of nitrogens with one attached hydrogen (secondary N) is 1. The van der Waals surface area contributed by atoms with Crippen molar-refractivity contribution < 1.29 is 14.7 Å². The number of anilines is 1. The molecule has 0 saturated carbocycles. The number of amides is 2. The molecule has 0 aliphatic carbocycles. The number of allylic oxidation sites excluding steroid dienone is 1. The molecule has 2 N–H and O–H groups in total. The lowest BCUT2D eigenvalue weighted by Gasteiger charge is -2.13. The van der Waals surface area contributed by atoms with Gasteiger partial charge in [0, 0.05) is 5.02 Å². The van der Waals surface area contributed by atoms with Crippen molar-refractivity contribution in [2.45, 2.75) is 13.8 Å². The number of benzene rings is 1. The summed E-state index contributed by atoms with van der Waals surface area (Å²) in [5.41, 5.74) is 0.260. The van der Waals surface area contributed by atoms with Gasteiger partial charge in [0.15, 0.2) is 0 Å². The van der Waals surface area contributed by atoms with Crippen molar-refractivity contribution >= 4 is 63.5 Å². The van der Waals surface area contributed by atoms with Gasteiger partial charge in [-0.1, -0.05) is 43.3 Å². The van der Waals surface area contributed by atoms with Gasteiger partial charge in [-0.15, -0.1) is 11.8 Å². The monoisotopic (exact) mass is 423 g/mol. The van der Waals surface area contributed by atoms with Gasteiger partial charge in [-0.3, -0.25) is 9.59 Å². The second-order valence-corrected chi connectivity index (χ2v) is 8.84. The van der Waals surface area contributed by atoms with Crippen LogP contribution in [0.15, 0.2) is 39.2 Å². The molecule has 0 bridgehead atoms. The number of carbonyl (C=O) groups is 2. The molecule has 0 spiro atoms. The van der Waals surface area contributed by atoms with Crippen molar-refractivity contribution in [3.05, 3.63) is 34.2 Å². The summed E-state index contributed by atoms with van der Waals surface area (Å²) >= 11 is 8.69. The first-order chi connectivity index (χ1) is 12.8. The molecule has 0 saturated heterocycles. The molecule has 1 aromatic carbocycles. The van der Waals surface area contributed by atoms with Crippen LogP contribution in [0.3, 0.4) is 0 Å². The van der Waals surface area contributed by atoms with Crippen LogP contribution in [-0.4, -0.2) is 39.3 Å². The van der Waals surface area contributed by atoms with Crippen LogP contribution in [0, 0.1) is 11.8 Å². The van der Waals surface area contributed by atoms with Gasteiger partial charge in [0.2, 0.25) is 5.91 Å². The summed E-state index contributed by atoms with van der Waals surface area (Å²) in [6.07, 6.45) is 1.94. The summed E-state index contributed by atoms with van der Waals surface area (Å²) in [6, 6.07) is 4.43. The molecule has 0 aromatic heterocycles. The number of aromatic hydroxyl groups is 1. The number of halogens is 1. The summed E-state index contributed by atoms with van der Waals surface area (Å²) in [4.78, 5) is 33.9. The van der Waals surface area contributed by atoms with E-state index in [1.54, 1.807) is 0 Å². The van der Waals surface area contributed by atoms with Crippen molar-refractivity contribution in [3.8, 4) is 5.75 Å². The Morgan fingerprint density at radius 2 is 2.19 bits per heavy atom. The van der Waals surface area contributed by atoms with E-state index in [2.05, 4.69) is 29.1 Å². The van der Waals surface area contributed by atoms with Gasteiger partial charge in [0.1, 0.15) is 17.5 Å². The summed E-state index contributed by atoms with van der Waals surface area (Å²) in [5, 5.41) is 13.5. The van der Waals surface area contributed by atoms with Crippen LogP contribution < -0.4 is 5.32 Å². The highest BCUT2D eigenvalue weighted by atomic mass is 35.5. The van der Waals surface area contributed by atoms with E-state index >= 15 is 0 Å². The van der Waals surface area contributed by atoms with Crippen LogP contribution in [0.25, 0.3) is 0 Å². The largest absolute Gasteiger partial charge is 0.506 e. The summed E-state index contributed by atoms with van der Waals surface area (Å²) in [6.45, 7) is 4.16. The predicted octanol–water partition coefficient (Wildman–Crippen LogP) is 3.96. The molecule has 1 unspecified atom stereocenters. The van der Waals surface area contributed by atoms with E-state index < -0.39 is 0 Å². The minimum absolute atomic E-state index is 0.0517. The molecular formula is C18H18ClN3O3S2. The van der Waals surface area contributed by atoms with E-state index in [9.17, 15) is 14.7 Å². The molecule has 0 fully saturated rings. The molecule has 142 valence electrons. The van der Waals surface area contributed by atoms with Crippen molar-refractivity contribution in [3.63, 3.8) is 0 Å². The third kappa shape index (κ3) is 4.94. The SMILES string of the molecule is CC(C)C1=CC2C(=O)N=C(CSCC(=O)Nc3cc(Cl)ccc3O)N=C2S1. The van der Waals surface area contributed by atoms with Gasteiger partial charge in [0.05, 0.1) is 22.2 Å². The Kier molecular flexibility index (Phi) is 6.29. The highest BCUT2D eigenvalue weighted by molar-refractivity contribution is 8.17. The Balaban J connectivity index is 1.52.